The zero-order valence-corrected chi connectivity index (χ0v) is 15.2. The molecule has 0 atom stereocenters. The number of hydrogen-bond donors (Lipinski definition) is 0. The third-order valence-corrected chi connectivity index (χ3v) is 5.05. The van der Waals surface area contributed by atoms with Crippen molar-refractivity contribution in [1.82, 2.24) is 14.7 Å². The van der Waals surface area contributed by atoms with Gasteiger partial charge < -0.3 is 4.90 Å². The molecule has 5 nitrogen and oxygen atoms in total. The summed E-state index contributed by atoms with van der Waals surface area (Å²) in [6, 6.07) is 10.3. The van der Waals surface area contributed by atoms with Crippen molar-refractivity contribution >= 4 is 16.7 Å². The van der Waals surface area contributed by atoms with Crippen molar-refractivity contribution < 1.29 is 13.6 Å². The molecule has 1 aliphatic rings. The number of piperidine rings is 1. The van der Waals surface area contributed by atoms with Gasteiger partial charge >= 0.3 is 0 Å². The van der Waals surface area contributed by atoms with Gasteiger partial charge in [-0.2, -0.15) is 5.10 Å². The molecule has 0 radical (unpaired) electrons. The summed E-state index contributed by atoms with van der Waals surface area (Å²) >= 11 is 0. The first-order valence-corrected chi connectivity index (χ1v) is 9.27. The summed E-state index contributed by atoms with van der Waals surface area (Å²) in [7, 11) is 0. The minimum atomic E-state index is -0.995. The number of nitrogens with zero attached hydrogens (tertiary/aromatic N) is 3. The summed E-state index contributed by atoms with van der Waals surface area (Å²) in [6.07, 6.45) is 3.00. The predicted octanol–water partition coefficient (Wildman–Crippen LogP) is 3.35. The first kappa shape index (κ1) is 18.3. The topological polar surface area (TPSA) is 55.2 Å². The molecular formula is C21H19F2N3O2. The van der Waals surface area contributed by atoms with E-state index in [2.05, 4.69) is 5.10 Å². The molecule has 7 heteroatoms. The van der Waals surface area contributed by atoms with Crippen LogP contribution in [0.3, 0.4) is 0 Å². The minimum Gasteiger partial charge on any atom is -0.341 e. The second-order valence-corrected chi connectivity index (χ2v) is 6.93. The molecule has 1 saturated heterocycles. The molecule has 0 N–H and O–H groups in total. The Morgan fingerprint density at radius 2 is 1.68 bits per heavy atom. The van der Waals surface area contributed by atoms with E-state index in [1.165, 1.54) is 6.07 Å². The number of amides is 1. The maximum absolute atomic E-state index is 13.8. The first-order chi connectivity index (χ1) is 13.5. The highest BCUT2D eigenvalue weighted by atomic mass is 19.2. The molecule has 1 aromatic heterocycles. The normalized spacial score (nSPS) is 14.4. The minimum absolute atomic E-state index is 0.166. The summed E-state index contributed by atoms with van der Waals surface area (Å²) in [5.41, 5.74) is 0.294. The number of aromatic nitrogens is 2. The number of carbonyl (C=O) groups excluding carboxylic acids is 1. The van der Waals surface area contributed by atoms with Crippen LogP contribution in [0.5, 0.6) is 0 Å². The Kier molecular flexibility index (Phi) is 4.90. The summed E-state index contributed by atoms with van der Waals surface area (Å²) < 4.78 is 28.2. The smallest absolute Gasteiger partial charge is 0.275 e. The standard InChI is InChI=1S/C21H19F2N3O2/c22-17-9-8-14(12-18(17)23)20-15-6-2-3-7-16(15)21(28)26(24-20)13-19(27)25-10-4-1-5-11-25/h2-3,6-9,12H,1,4-5,10-11,13H2. The molecule has 3 aromatic rings. The quantitative estimate of drug-likeness (QED) is 0.697. The van der Waals surface area contributed by atoms with Crippen molar-refractivity contribution in [2.45, 2.75) is 25.8 Å². The zero-order chi connectivity index (χ0) is 19.7. The highest BCUT2D eigenvalue weighted by Gasteiger charge is 2.20. The average molecular weight is 383 g/mol. The van der Waals surface area contributed by atoms with Gasteiger partial charge in [-0.15, -0.1) is 0 Å². The van der Waals surface area contributed by atoms with Crippen LogP contribution in [0.15, 0.2) is 47.3 Å². The van der Waals surface area contributed by atoms with Gasteiger partial charge in [0, 0.05) is 24.0 Å². The summed E-state index contributed by atoms with van der Waals surface area (Å²) in [6.45, 7) is 1.18. The molecule has 1 aliphatic heterocycles. The first-order valence-electron chi connectivity index (χ1n) is 9.27. The molecule has 144 valence electrons. The van der Waals surface area contributed by atoms with Gasteiger partial charge in [0.05, 0.1) is 11.1 Å². The van der Waals surface area contributed by atoms with Crippen LogP contribution < -0.4 is 5.56 Å². The Balaban J connectivity index is 1.81. The molecular weight excluding hydrogens is 364 g/mol. The van der Waals surface area contributed by atoms with Gasteiger partial charge in [0.15, 0.2) is 11.6 Å². The van der Waals surface area contributed by atoms with Gasteiger partial charge in [-0.3, -0.25) is 9.59 Å². The highest BCUT2D eigenvalue weighted by molar-refractivity contribution is 5.93. The maximum atomic E-state index is 13.8. The van der Waals surface area contributed by atoms with E-state index >= 15 is 0 Å². The van der Waals surface area contributed by atoms with E-state index in [1.807, 2.05) is 0 Å². The van der Waals surface area contributed by atoms with Crippen LogP contribution in [0.25, 0.3) is 22.0 Å². The lowest BCUT2D eigenvalue weighted by molar-refractivity contribution is -0.133. The van der Waals surface area contributed by atoms with Crippen LogP contribution in [0.1, 0.15) is 19.3 Å². The van der Waals surface area contributed by atoms with Crippen LogP contribution in [0, 0.1) is 11.6 Å². The van der Waals surface area contributed by atoms with Crippen molar-refractivity contribution in [3.8, 4) is 11.3 Å². The van der Waals surface area contributed by atoms with Crippen molar-refractivity contribution in [1.29, 1.82) is 0 Å². The zero-order valence-electron chi connectivity index (χ0n) is 15.2. The van der Waals surface area contributed by atoms with Crippen LogP contribution in [-0.2, 0) is 11.3 Å². The highest BCUT2D eigenvalue weighted by Crippen LogP contribution is 2.26. The van der Waals surface area contributed by atoms with E-state index in [9.17, 15) is 18.4 Å². The molecule has 4 rings (SSSR count). The third kappa shape index (κ3) is 3.40. The van der Waals surface area contributed by atoms with Crippen LogP contribution in [-0.4, -0.2) is 33.7 Å². The van der Waals surface area contributed by atoms with Crippen molar-refractivity contribution in [2.24, 2.45) is 0 Å². The molecule has 0 spiro atoms. The van der Waals surface area contributed by atoms with E-state index < -0.39 is 11.6 Å². The molecule has 0 bridgehead atoms. The third-order valence-electron chi connectivity index (χ3n) is 5.05. The van der Waals surface area contributed by atoms with Gasteiger partial charge in [0.1, 0.15) is 6.54 Å². The second-order valence-electron chi connectivity index (χ2n) is 6.93. The Morgan fingerprint density at radius 3 is 2.39 bits per heavy atom. The molecule has 2 heterocycles. The average Bonchev–Trinajstić information content (AvgIpc) is 2.73. The Bertz CT molecular complexity index is 1100. The fourth-order valence-corrected chi connectivity index (χ4v) is 3.57. The van der Waals surface area contributed by atoms with Crippen molar-refractivity contribution in [3.63, 3.8) is 0 Å². The van der Waals surface area contributed by atoms with Gasteiger partial charge in [-0.05, 0) is 43.5 Å². The molecule has 0 aliphatic carbocycles. The number of rotatable bonds is 3. The lowest BCUT2D eigenvalue weighted by Crippen LogP contribution is -2.40. The molecule has 0 unspecified atom stereocenters. The Morgan fingerprint density at radius 1 is 0.964 bits per heavy atom. The van der Waals surface area contributed by atoms with Crippen molar-refractivity contribution in [3.05, 3.63) is 64.5 Å². The van der Waals surface area contributed by atoms with Crippen LogP contribution in [0.2, 0.25) is 0 Å². The number of likely N-dealkylation sites (tertiary alicyclic amines) is 1. The fourth-order valence-electron chi connectivity index (χ4n) is 3.57. The van der Waals surface area contributed by atoms with Gasteiger partial charge in [-0.1, -0.05) is 18.2 Å². The van der Waals surface area contributed by atoms with Gasteiger partial charge in [0.2, 0.25) is 5.91 Å². The largest absolute Gasteiger partial charge is 0.341 e. The second kappa shape index (κ2) is 7.50. The fraction of sp³-hybridized carbons (Fsp3) is 0.286. The number of fused-ring (bicyclic) bond motifs is 1. The van der Waals surface area contributed by atoms with E-state index in [4.69, 9.17) is 0 Å². The Hall–Kier alpha value is -3.09. The molecule has 2 aromatic carbocycles. The van der Waals surface area contributed by atoms with E-state index in [0.29, 0.717) is 35.1 Å². The maximum Gasteiger partial charge on any atom is 0.275 e. The van der Waals surface area contributed by atoms with E-state index in [1.54, 1.807) is 29.2 Å². The van der Waals surface area contributed by atoms with E-state index in [-0.39, 0.29) is 18.0 Å². The lowest BCUT2D eigenvalue weighted by atomic mass is 10.0. The summed E-state index contributed by atoms with van der Waals surface area (Å²) in [5.74, 6) is -2.12. The Labute approximate surface area is 160 Å². The monoisotopic (exact) mass is 383 g/mol. The lowest BCUT2D eigenvalue weighted by Gasteiger charge is -2.26. The number of halogens is 2. The number of benzene rings is 2. The van der Waals surface area contributed by atoms with Gasteiger partial charge in [-0.25, -0.2) is 13.5 Å². The van der Waals surface area contributed by atoms with Gasteiger partial charge in [0.25, 0.3) is 5.56 Å². The van der Waals surface area contributed by atoms with E-state index in [0.717, 1.165) is 36.1 Å². The molecule has 1 fully saturated rings. The van der Waals surface area contributed by atoms with Crippen LogP contribution in [0.4, 0.5) is 8.78 Å². The molecule has 0 saturated carbocycles. The molecule has 28 heavy (non-hydrogen) atoms. The predicted molar refractivity (Wildman–Crippen MR) is 102 cm³/mol. The van der Waals surface area contributed by atoms with Crippen molar-refractivity contribution in [2.75, 3.05) is 13.1 Å². The summed E-state index contributed by atoms with van der Waals surface area (Å²) in [4.78, 5) is 27.2. The van der Waals surface area contributed by atoms with Crippen LogP contribution >= 0.6 is 0 Å². The summed E-state index contributed by atoms with van der Waals surface area (Å²) in [5, 5.41) is 5.25. The number of carbonyl (C=O) groups is 1. The number of hydrogen-bond acceptors (Lipinski definition) is 3. The molecule has 1 amide bonds. The SMILES string of the molecule is O=C(Cn1nc(-c2ccc(F)c(F)c2)c2ccccc2c1=O)N1CCCCC1.